The van der Waals surface area contributed by atoms with Crippen molar-refractivity contribution in [3.8, 4) is 0 Å². The Morgan fingerprint density at radius 2 is 2.24 bits per heavy atom. The largest absolute Gasteiger partial charge is 0.383 e. The number of nitrogens with zero attached hydrogens (tertiary/aromatic N) is 4. The quantitative estimate of drug-likeness (QED) is 0.857. The second-order valence-electron chi connectivity index (χ2n) is 3.51. The molecular formula is C10H13N5S2. The van der Waals surface area contributed by atoms with Gasteiger partial charge in [0.1, 0.15) is 23.0 Å². The number of hydrogen-bond donors (Lipinski definition) is 1. The number of nitrogen functional groups attached to an aromatic ring is 1. The third kappa shape index (κ3) is 2.92. The van der Waals surface area contributed by atoms with E-state index in [1.807, 2.05) is 6.92 Å². The van der Waals surface area contributed by atoms with E-state index < -0.39 is 0 Å². The summed E-state index contributed by atoms with van der Waals surface area (Å²) >= 11 is 2.84. The van der Waals surface area contributed by atoms with Crippen molar-refractivity contribution in [3.63, 3.8) is 0 Å². The molecule has 17 heavy (non-hydrogen) atoms. The van der Waals surface area contributed by atoms with Crippen LogP contribution in [-0.4, -0.2) is 19.3 Å². The lowest BCUT2D eigenvalue weighted by molar-refractivity contribution is 0.805. The summed E-state index contributed by atoms with van der Waals surface area (Å²) in [6.07, 6.45) is 3.39. The fourth-order valence-electron chi connectivity index (χ4n) is 1.28. The van der Waals surface area contributed by atoms with Crippen LogP contribution in [0.5, 0.6) is 0 Å². The molecule has 2 aromatic heterocycles. The van der Waals surface area contributed by atoms with Crippen molar-refractivity contribution in [2.24, 2.45) is 0 Å². The van der Waals surface area contributed by atoms with Crippen molar-refractivity contribution in [3.05, 3.63) is 17.7 Å². The number of nitrogens with two attached hydrogens (primary N) is 1. The first-order valence-corrected chi connectivity index (χ1v) is 6.87. The molecule has 7 heteroatoms. The van der Waals surface area contributed by atoms with E-state index in [-0.39, 0.29) is 0 Å². The maximum Gasteiger partial charge on any atom is 0.176 e. The molecule has 0 aliphatic carbocycles. The van der Waals surface area contributed by atoms with Gasteiger partial charge in [0.05, 0.1) is 0 Å². The van der Waals surface area contributed by atoms with E-state index in [4.69, 9.17) is 5.73 Å². The fourth-order valence-corrected chi connectivity index (χ4v) is 2.75. The van der Waals surface area contributed by atoms with Crippen molar-refractivity contribution in [2.45, 2.75) is 36.1 Å². The zero-order valence-electron chi connectivity index (χ0n) is 9.67. The topological polar surface area (TPSA) is 77.6 Å². The molecule has 2 heterocycles. The Balaban J connectivity index is 2.31. The summed E-state index contributed by atoms with van der Waals surface area (Å²) in [6.45, 7) is 4.02. The Kier molecular flexibility index (Phi) is 3.90. The van der Waals surface area contributed by atoms with Gasteiger partial charge in [-0.25, -0.2) is 15.0 Å². The summed E-state index contributed by atoms with van der Waals surface area (Å²) in [7, 11) is 0. The minimum atomic E-state index is 0.551. The third-order valence-corrected chi connectivity index (χ3v) is 3.99. The van der Waals surface area contributed by atoms with Crippen molar-refractivity contribution < 1.29 is 0 Å². The number of rotatable bonds is 4. The third-order valence-electron chi connectivity index (χ3n) is 2.18. The Labute approximate surface area is 108 Å². The van der Waals surface area contributed by atoms with Crippen LogP contribution in [0.4, 0.5) is 5.82 Å². The number of anilines is 1. The molecule has 2 N–H and O–H groups in total. The Bertz CT molecular complexity index is 498. The van der Waals surface area contributed by atoms with Crippen LogP contribution in [0.1, 0.15) is 24.7 Å². The van der Waals surface area contributed by atoms with Gasteiger partial charge in [-0.15, -0.1) is 0 Å². The predicted octanol–water partition coefficient (Wildman–Crippen LogP) is 2.32. The molecular weight excluding hydrogens is 254 g/mol. The normalized spacial score (nSPS) is 10.7. The first-order chi connectivity index (χ1) is 8.20. The van der Waals surface area contributed by atoms with E-state index in [0.29, 0.717) is 5.82 Å². The van der Waals surface area contributed by atoms with Gasteiger partial charge in [-0.3, -0.25) is 0 Å². The van der Waals surface area contributed by atoms with Gasteiger partial charge in [0, 0.05) is 12.0 Å². The second-order valence-corrected chi connectivity index (χ2v) is 5.53. The highest BCUT2D eigenvalue weighted by atomic mass is 32.2. The second kappa shape index (κ2) is 5.42. The van der Waals surface area contributed by atoms with Gasteiger partial charge in [0.2, 0.25) is 0 Å². The Morgan fingerprint density at radius 3 is 2.88 bits per heavy atom. The molecule has 0 amide bonds. The molecule has 0 aliphatic rings. The molecule has 0 atom stereocenters. The van der Waals surface area contributed by atoms with Gasteiger partial charge in [-0.05, 0) is 36.6 Å². The average Bonchev–Trinajstić information content (AvgIpc) is 2.78. The SMILES string of the molecule is CCCc1nc(N)c(C)c(Sc2ncns2)n1. The molecule has 90 valence electrons. The highest BCUT2D eigenvalue weighted by molar-refractivity contribution is 8.00. The van der Waals surface area contributed by atoms with E-state index in [0.717, 1.165) is 33.6 Å². The smallest absolute Gasteiger partial charge is 0.176 e. The molecule has 2 rings (SSSR count). The summed E-state index contributed by atoms with van der Waals surface area (Å²) in [4.78, 5) is 12.9. The Hall–Kier alpha value is -1.21. The van der Waals surface area contributed by atoms with Gasteiger partial charge >= 0.3 is 0 Å². The van der Waals surface area contributed by atoms with E-state index in [1.54, 1.807) is 6.33 Å². The monoisotopic (exact) mass is 267 g/mol. The standard InChI is InChI=1S/C10H13N5S2/c1-3-4-7-14-8(11)6(2)9(15-7)16-10-12-5-13-17-10/h5H,3-4H2,1-2H3,(H2,11,14,15). The molecule has 0 saturated carbocycles. The number of aryl methyl sites for hydroxylation is 1. The minimum Gasteiger partial charge on any atom is -0.383 e. The summed E-state index contributed by atoms with van der Waals surface area (Å²) in [5.74, 6) is 1.35. The van der Waals surface area contributed by atoms with Crippen LogP contribution in [0.3, 0.4) is 0 Å². The zero-order chi connectivity index (χ0) is 12.3. The molecule has 2 aromatic rings. The summed E-state index contributed by atoms with van der Waals surface area (Å²) in [6, 6.07) is 0. The Morgan fingerprint density at radius 1 is 1.41 bits per heavy atom. The highest BCUT2D eigenvalue weighted by Crippen LogP contribution is 2.30. The van der Waals surface area contributed by atoms with Crippen LogP contribution in [0, 0.1) is 6.92 Å². The van der Waals surface area contributed by atoms with E-state index in [2.05, 4.69) is 26.2 Å². The fraction of sp³-hybridized carbons (Fsp3) is 0.400. The zero-order valence-corrected chi connectivity index (χ0v) is 11.3. The molecule has 0 aromatic carbocycles. The maximum atomic E-state index is 5.88. The molecule has 0 radical (unpaired) electrons. The van der Waals surface area contributed by atoms with E-state index in [1.165, 1.54) is 23.3 Å². The molecule has 0 bridgehead atoms. The van der Waals surface area contributed by atoms with Gasteiger partial charge in [-0.1, -0.05) is 6.92 Å². The first-order valence-electron chi connectivity index (χ1n) is 5.28. The molecule has 0 unspecified atom stereocenters. The molecule has 0 spiro atoms. The average molecular weight is 267 g/mol. The molecule has 5 nitrogen and oxygen atoms in total. The van der Waals surface area contributed by atoms with Gasteiger partial charge in [-0.2, -0.15) is 4.37 Å². The summed E-state index contributed by atoms with van der Waals surface area (Å²) in [5.41, 5.74) is 6.79. The first kappa shape index (κ1) is 12.3. The lowest BCUT2D eigenvalue weighted by Gasteiger charge is -2.07. The molecule has 0 saturated heterocycles. The van der Waals surface area contributed by atoms with Crippen LogP contribution >= 0.6 is 23.3 Å². The number of aromatic nitrogens is 4. The maximum absolute atomic E-state index is 5.88. The lowest BCUT2D eigenvalue weighted by Crippen LogP contribution is -2.04. The summed E-state index contributed by atoms with van der Waals surface area (Å²) in [5, 5.41) is 0.873. The molecule has 0 aliphatic heterocycles. The number of hydrogen-bond acceptors (Lipinski definition) is 7. The predicted molar refractivity (Wildman–Crippen MR) is 69.2 cm³/mol. The van der Waals surface area contributed by atoms with Crippen LogP contribution in [0.2, 0.25) is 0 Å². The van der Waals surface area contributed by atoms with E-state index in [9.17, 15) is 0 Å². The minimum absolute atomic E-state index is 0.551. The van der Waals surface area contributed by atoms with Crippen molar-refractivity contribution >= 4 is 29.1 Å². The van der Waals surface area contributed by atoms with Gasteiger partial charge < -0.3 is 5.73 Å². The van der Waals surface area contributed by atoms with E-state index >= 15 is 0 Å². The van der Waals surface area contributed by atoms with Crippen molar-refractivity contribution in [2.75, 3.05) is 5.73 Å². The van der Waals surface area contributed by atoms with Crippen LogP contribution in [0.25, 0.3) is 0 Å². The van der Waals surface area contributed by atoms with Crippen molar-refractivity contribution in [1.29, 1.82) is 0 Å². The summed E-state index contributed by atoms with van der Waals surface area (Å²) < 4.78 is 4.83. The van der Waals surface area contributed by atoms with Crippen molar-refractivity contribution in [1.82, 2.24) is 19.3 Å². The highest BCUT2D eigenvalue weighted by Gasteiger charge is 2.11. The van der Waals surface area contributed by atoms with Crippen LogP contribution in [-0.2, 0) is 6.42 Å². The van der Waals surface area contributed by atoms with Crippen LogP contribution in [0.15, 0.2) is 15.7 Å². The lowest BCUT2D eigenvalue weighted by atomic mass is 10.3. The molecule has 0 fully saturated rings. The van der Waals surface area contributed by atoms with Crippen LogP contribution < -0.4 is 5.73 Å². The van der Waals surface area contributed by atoms with Gasteiger partial charge in [0.25, 0.3) is 0 Å². The van der Waals surface area contributed by atoms with Gasteiger partial charge in [0.15, 0.2) is 4.34 Å².